The lowest BCUT2D eigenvalue weighted by atomic mass is 10.2. The van der Waals surface area contributed by atoms with Gasteiger partial charge in [-0.2, -0.15) is 9.41 Å². The molecule has 1 heterocycles. The number of sulfonamides is 1. The van der Waals surface area contributed by atoms with Crippen LogP contribution in [0.4, 0.5) is 11.4 Å². The number of nitrogens with zero attached hydrogens (tertiary/aromatic N) is 3. The molecule has 0 radical (unpaired) electrons. The van der Waals surface area contributed by atoms with Gasteiger partial charge in [0.25, 0.3) is 5.69 Å². The fourth-order valence-corrected chi connectivity index (χ4v) is 4.52. The molecule has 2 aromatic rings. The number of nitro groups is 1. The van der Waals surface area contributed by atoms with Gasteiger partial charge in [0.1, 0.15) is 5.69 Å². The summed E-state index contributed by atoms with van der Waals surface area (Å²) in [6, 6.07) is 8.41. The SMILES string of the molecule is O=[N+]([O-])c1cc(S(=O)(=O)N2CCOCC2)ccc1N/N=C/c1ccc(Cl)cc1Cl. The highest BCUT2D eigenvalue weighted by atomic mass is 35.5. The molecule has 0 aromatic heterocycles. The molecule has 2 aromatic carbocycles. The van der Waals surface area contributed by atoms with Crippen molar-refractivity contribution in [2.45, 2.75) is 4.90 Å². The molecule has 1 aliphatic heterocycles. The van der Waals surface area contributed by atoms with Crippen molar-refractivity contribution in [1.82, 2.24) is 4.31 Å². The molecule has 1 fully saturated rings. The number of hydrazone groups is 1. The minimum atomic E-state index is -3.86. The highest BCUT2D eigenvalue weighted by molar-refractivity contribution is 7.89. The van der Waals surface area contributed by atoms with Crippen molar-refractivity contribution in [3.8, 4) is 0 Å². The minimum Gasteiger partial charge on any atom is -0.379 e. The topological polar surface area (TPSA) is 114 Å². The van der Waals surface area contributed by atoms with Gasteiger partial charge in [-0.25, -0.2) is 8.42 Å². The zero-order valence-corrected chi connectivity index (χ0v) is 17.2. The van der Waals surface area contributed by atoms with Gasteiger partial charge in [0.05, 0.1) is 34.3 Å². The number of hydrogen-bond acceptors (Lipinski definition) is 7. The van der Waals surface area contributed by atoms with E-state index >= 15 is 0 Å². The van der Waals surface area contributed by atoms with Crippen molar-refractivity contribution < 1.29 is 18.1 Å². The van der Waals surface area contributed by atoms with Crippen LogP contribution >= 0.6 is 23.2 Å². The van der Waals surface area contributed by atoms with Crippen LogP contribution in [0.3, 0.4) is 0 Å². The van der Waals surface area contributed by atoms with E-state index in [0.29, 0.717) is 15.6 Å². The van der Waals surface area contributed by atoms with E-state index in [1.165, 1.54) is 28.7 Å². The Morgan fingerprint density at radius 1 is 1.17 bits per heavy atom. The molecule has 0 aliphatic carbocycles. The first kappa shape index (κ1) is 21.5. The van der Waals surface area contributed by atoms with Gasteiger partial charge < -0.3 is 4.74 Å². The number of nitro benzene ring substituents is 1. The molecule has 3 rings (SSSR count). The number of rotatable bonds is 6. The maximum Gasteiger partial charge on any atom is 0.295 e. The number of halogens is 2. The standard InChI is InChI=1S/C17H16Cl2N4O5S/c18-13-2-1-12(15(19)9-13)11-20-21-16-4-3-14(10-17(16)23(24)25)29(26,27)22-5-7-28-8-6-22/h1-4,9-11,21H,5-8H2/b20-11+. The van der Waals surface area contributed by atoms with Crippen LogP contribution in [0.1, 0.15) is 5.56 Å². The summed E-state index contributed by atoms with van der Waals surface area (Å²) >= 11 is 11.9. The minimum absolute atomic E-state index is 0.0391. The quantitative estimate of drug-likeness (QED) is 0.403. The molecule has 0 atom stereocenters. The monoisotopic (exact) mass is 458 g/mol. The van der Waals surface area contributed by atoms with E-state index in [2.05, 4.69) is 10.5 Å². The average Bonchev–Trinajstić information content (AvgIpc) is 2.70. The Morgan fingerprint density at radius 3 is 2.55 bits per heavy atom. The van der Waals surface area contributed by atoms with Crippen LogP contribution < -0.4 is 5.43 Å². The van der Waals surface area contributed by atoms with Gasteiger partial charge >= 0.3 is 0 Å². The van der Waals surface area contributed by atoms with Crippen LogP contribution in [0.5, 0.6) is 0 Å². The number of ether oxygens (including phenoxy) is 1. The highest BCUT2D eigenvalue weighted by Crippen LogP contribution is 2.29. The molecular formula is C17H16Cl2N4O5S. The number of nitrogens with one attached hydrogen (secondary N) is 1. The van der Waals surface area contributed by atoms with E-state index in [4.69, 9.17) is 27.9 Å². The summed E-state index contributed by atoms with van der Waals surface area (Å²) in [4.78, 5) is 10.6. The Kier molecular flexibility index (Phi) is 6.70. The third-order valence-electron chi connectivity index (χ3n) is 4.12. The molecule has 1 N–H and O–H groups in total. The van der Waals surface area contributed by atoms with E-state index in [1.807, 2.05) is 0 Å². The Morgan fingerprint density at radius 2 is 1.90 bits per heavy atom. The zero-order valence-electron chi connectivity index (χ0n) is 14.9. The smallest absolute Gasteiger partial charge is 0.295 e. The van der Waals surface area contributed by atoms with Crippen molar-refractivity contribution in [2.75, 3.05) is 31.7 Å². The molecule has 0 saturated carbocycles. The molecule has 154 valence electrons. The molecule has 1 saturated heterocycles. The van der Waals surface area contributed by atoms with E-state index in [9.17, 15) is 18.5 Å². The van der Waals surface area contributed by atoms with E-state index in [1.54, 1.807) is 12.1 Å². The summed E-state index contributed by atoms with van der Waals surface area (Å²) in [5.74, 6) is 0. The lowest BCUT2D eigenvalue weighted by Crippen LogP contribution is -2.40. The molecule has 0 unspecified atom stereocenters. The first-order valence-corrected chi connectivity index (χ1v) is 10.6. The molecule has 29 heavy (non-hydrogen) atoms. The number of anilines is 1. The van der Waals surface area contributed by atoms with E-state index in [0.717, 1.165) is 6.07 Å². The van der Waals surface area contributed by atoms with Crippen molar-refractivity contribution >= 4 is 50.8 Å². The van der Waals surface area contributed by atoms with Crippen LogP contribution in [0.15, 0.2) is 46.4 Å². The van der Waals surface area contributed by atoms with Gasteiger partial charge in [-0.05, 0) is 24.3 Å². The lowest BCUT2D eigenvalue weighted by molar-refractivity contribution is -0.384. The maximum atomic E-state index is 12.7. The van der Waals surface area contributed by atoms with Crippen LogP contribution in [0, 0.1) is 10.1 Å². The second kappa shape index (κ2) is 9.06. The summed E-state index contributed by atoms with van der Waals surface area (Å²) in [5, 5.41) is 16.2. The van der Waals surface area contributed by atoms with E-state index in [-0.39, 0.29) is 36.9 Å². The predicted molar refractivity (Wildman–Crippen MR) is 110 cm³/mol. The van der Waals surface area contributed by atoms with Crippen molar-refractivity contribution in [2.24, 2.45) is 5.10 Å². The number of morpholine rings is 1. The summed E-state index contributed by atoms with van der Waals surface area (Å²) in [5.41, 5.74) is 2.73. The summed E-state index contributed by atoms with van der Waals surface area (Å²) in [6.45, 7) is 0.955. The van der Waals surface area contributed by atoms with Crippen molar-refractivity contribution in [1.29, 1.82) is 0 Å². The molecule has 0 spiro atoms. The van der Waals surface area contributed by atoms with Crippen LogP contribution in [0.2, 0.25) is 10.0 Å². The summed E-state index contributed by atoms with van der Waals surface area (Å²) in [7, 11) is -3.86. The van der Waals surface area contributed by atoms with Gasteiger partial charge in [0.15, 0.2) is 0 Å². The van der Waals surface area contributed by atoms with Gasteiger partial charge in [0.2, 0.25) is 10.0 Å². The molecular weight excluding hydrogens is 443 g/mol. The van der Waals surface area contributed by atoms with Gasteiger partial charge in [-0.3, -0.25) is 15.5 Å². The maximum absolute atomic E-state index is 12.7. The highest BCUT2D eigenvalue weighted by Gasteiger charge is 2.28. The van der Waals surface area contributed by atoms with Gasteiger partial charge in [-0.15, -0.1) is 0 Å². The Balaban J connectivity index is 1.84. The molecule has 0 amide bonds. The fraction of sp³-hybridized carbons (Fsp3) is 0.235. The van der Waals surface area contributed by atoms with Crippen LogP contribution in [-0.2, 0) is 14.8 Å². The largest absolute Gasteiger partial charge is 0.379 e. The predicted octanol–water partition coefficient (Wildman–Crippen LogP) is 3.37. The normalized spacial score (nSPS) is 15.5. The Labute approximate surface area is 177 Å². The van der Waals surface area contributed by atoms with Crippen LogP contribution in [0.25, 0.3) is 0 Å². The van der Waals surface area contributed by atoms with Crippen LogP contribution in [-0.4, -0.2) is 50.2 Å². The first-order valence-electron chi connectivity index (χ1n) is 8.39. The third kappa shape index (κ3) is 5.03. The second-order valence-electron chi connectivity index (χ2n) is 5.99. The van der Waals surface area contributed by atoms with Crippen molar-refractivity contribution in [3.05, 3.63) is 62.1 Å². The van der Waals surface area contributed by atoms with Crippen molar-refractivity contribution in [3.63, 3.8) is 0 Å². The summed E-state index contributed by atoms with van der Waals surface area (Å²) < 4.78 is 31.8. The fourth-order valence-electron chi connectivity index (χ4n) is 2.63. The Bertz CT molecular complexity index is 1060. The zero-order chi connectivity index (χ0) is 21.0. The second-order valence-corrected chi connectivity index (χ2v) is 8.77. The number of hydrogen-bond donors (Lipinski definition) is 1. The number of benzene rings is 2. The van der Waals surface area contributed by atoms with E-state index < -0.39 is 20.6 Å². The molecule has 1 aliphatic rings. The lowest BCUT2D eigenvalue weighted by Gasteiger charge is -2.26. The van der Waals surface area contributed by atoms with Gasteiger partial charge in [0, 0.05) is 29.7 Å². The molecule has 9 nitrogen and oxygen atoms in total. The third-order valence-corrected chi connectivity index (χ3v) is 6.58. The molecule has 0 bridgehead atoms. The Hall–Kier alpha value is -2.24. The molecule has 12 heteroatoms. The first-order chi connectivity index (χ1) is 13.8. The summed E-state index contributed by atoms with van der Waals surface area (Å²) in [6.07, 6.45) is 1.38. The van der Waals surface area contributed by atoms with Gasteiger partial charge in [-0.1, -0.05) is 29.3 Å². The average molecular weight is 459 g/mol.